The first-order chi connectivity index (χ1) is 19.4. The molecule has 4 heteroatoms. The number of allylic oxidation sites excluding steroid dienone is 1. The molecule has 0 saturated heterocycles. The van der Waals surface area contributed by atoms with Crippen molar-refractivity contribution in [1.82, 2.24) is 5.32 Å². The SMILES string of the molecule is C=C(C)[C@@H]1CC[C@]2(C(=O)NCc3ccccc3C=O)CC[C@]3(C)[C@H](CC[C@@H]4[C@@]5(C)CC[C@H](O)C(=C)[C@@H]5CC[C@]43C)[C@@H]12. The molecule has 0 unspecified atom stereocenters. The molecule has 4 nitrogen and oxygen atoms in total. The fraction of sp³-hybridized carbons (Fsp3) is 0.676. The van der Waals surface area contributed by atoms with Gasteiger partial charge in [-0.15, -0.1) is 0 Å². The number of aliphatic hydroxyl groups is 1. The predicted molar refractivity (Wildman–Crippen MR) is 164 cm³/mol. The summed E-state index contributed by atoms with van der Waals surface area (Å²) in [5.41, 5.74) is 4.06. The molecule has 0 heterocycles. The van der Waals surface area contributed by atoms with Crippen LogP contribution in [0.4, 0.5) is 0 Å². The molecule has 5 aliphatic carbocycles. The van der Waals surface area contributed by atoms with Crippen molar-refractivity contribution in [2.75, 3.05) is 0 Å². The van der Waals surface area contributed by atoms with E-state index in [-0.39, 0.29) is 33.7 Å². The maximum atomic E-state index is 14.3. The lowest BCUT2D eigenvalue weighted by Crippen LogP contribution is -2.65. The molecule has 0 bridgehead atoms. The minimum absolute atomic E-state index is 0.165. The number of nitrogens with one attached hydrogen (secondary N) is 1. The van der Waals surface area contributed by atoms with E-state index in [1.165, 1.54) is 24.8 Å². The highest BCUT2D eigenvalue weighted by atomic mass is 16.3. The van der Waals surface area contributed by atoms with E-state index in [9.17, 15) is 14.7 Å². The molecule has 2 N–H and O–H groups in total. The van der Waals surface area contributed by atoms with Crippen LogP contribution in [0, 0.1) is 51.2 Å². The Morgan fingerprint density at radius 3 is 2.49 bits per heavy atom. The van der Waals surface area contributed by atoms with Crippen LogP contribution < -0.4 is 5.32 Å². The summed E-state index contributed by atoms with van der Waals surface area (Å²) in [7, 11) is 0. The summed E-state index contributed by atoms with van der Waals surface area (Å²) in [6.45, 7) is 19.2. The minimum Gasteiger partial charge on any atom is -0.389 e. The monoisotopic (exact) mass is 557 g/mol. The first kappa shape index (κ1) is 28.9. The van der Waals surface area contributed by atoms with Gasteiger partial charge in [0.15, 0.2) is 0 Å². The summed E-state index contributed by atoms with van der Waals surface area (Å²) in [5.74, 6) is 2.41. The molecule has 0 aromatic heterocycles. The van der Waals surface area contributed by atoms with Crippen LogP contribution in [0.1, 0.15) is 108 Å². The van der Waals surface area contributed by atoms with Gasteiger partial charge < -0.3 is 10.4 Å². The number of amides is 1. The van der Waals surface area contributed by atoms with E-state index in [0.29, 0.717) is 41.7 Å². The van der Waals surface area contributed by atoms with Gasteiger partial charge in [-0.2, -0.15) is 0 Å². The fourth-order valence-corrected chi connectivity index (χ4v) is 11.9. The number of benzene rings is 1. The van der Waals surface area contributed by atoms with Gasteiger partial charge in [0.25, 0.3) is 0 Å². The third-order valence-corrected chi connectivity index (χ3v) is 14.2. The van der Waals surface area contributed by atoms with Gasteiger partial charge >= 0.3 is 0 Å². The van der Waals surface area contributed by atoms with Crippen molar-refractivity contribution in [3.8, 4) is 0 Å². The Hall–Kier alpha value is -2.20. The average molecular weight is 558 g/mol. The van der Waals surface area contributed by atoms with E-state index in [2.05, 4.69) is 46.2 Å². The van der Waals surface area contributed by atoms with Crippen molar-refractivity contribution >= 4 is 12.2 Å². The summed E-state index contributed by atoms with van der Waals surface area (Å²) >= 11 is 0. The molecule has 1 aromatic carbocycles. The third kappa shape index (κ3) is 3.95. The van der Waals surface area contributed by atoms with E-state index in [1.54, 1.807) is 0 Å². The van der Waals surface area contributed by atoms with Crippen molar-refractivity contribution in [1.29, 1.82) is 0 Å². The third-order valence-electron chi connectivity index (χ3n) is 14.2. The summed E-state index contributed by atoms with van der Waals surface area (Å²) in [4.78, 5) is 25.9. The number of hydrogen-bond donors (Lipinski definition) is 2. The highest BCUT2D eigenvalue weighted by Crippen LogP contribution is 2.76. The molecule has 0 aliphatic heterocycles. The lowest BCUT2D eigenvalue weighted by molar-refractivity contribution is -0.220. The number of rotatable bonds is 5. The molecular weight excluding hydrogens is 506 g/mol. The lowest BCUT2D eigenvalue weighted by Gasteiger charge is -2.71. The molecule has 1 aromatic rings. The fourth-order valence-electron chi connectivity index (χ4n) is 11.9. The van der Waals surface area contributed by atoms with Gasteiger partial charge in [-0.1, -0.05) is 63.8 Å². The van der Waals surface area contributed by atoms with Crippen LogP contribution in [0.15, 0.2) is 48.6 Å². The van der Waals surface area contributed by atoms with Gasteiger partial charge in [0.1, 0.15) is 6.29 Å². The lowest BCUT2D eigenvalue weighted by atomic mass is 9.33. The van der Waals surface area contributed by atoms with Crippen LogP contribution in [0.5, 0.6) is 0 Å². The molecule has 10 atom stereocenters. The number of aldehydes is 1. The second kappa shape index (κ2) is 9.93. The Labute approximate surface area is 247 Å². The van der Waals surface area contributed by atoms with Crippen molar-refractivity contribution in [2.45, 2.75) is 105 Å². The normalized spacial score (nSPS) is 45.0. The Morgan fingerprint density at radius 1 is 1.00 bits per heavy atom. The molecule has 6 rings (SSSR count). The molecule has 5 aliphatic rings. The standard InChI is InChI=1S/C37H51NO3/c1-23(2)27-13-18-37(33(41)38-21-25-9-7-8-10-26(25)22-39)20-19-35(5)29(32(27)37)11-12-31-34(4)16-15-30(40)24(3)28(34)14-17-36(31,35)6/h7-10,22,27-32,40H,1,3,11-21H2,2,4-6H3,(H,38,41)/t27-,28-,29+,30-,31+,32+,34-,35+,36+,37-/m0/s1. The zero-order valence-electron chi connectivity index (χ0n) is 25.8. The van der Waals surface area contributed by atoms with Crippen LogP contribution in [0.3, 0.4) is 0 Å². The second-order valence-electron chi connectivity index (χ2n) is 15.5. The van der Waals surface area contributed by atoms with E-state index < -0.39 is 0 Å². The first-order valence-electron chi connectivity index (χ1n) is 16.3. The molecule has 5 saturated carbocycles. The maximum Gasteiger partial charge on any atom is 0.226 e. The Morgan fingerprint density at radius 2 is 1.76 bits per heavy atom. The molecule has 1 amide bonds. The Kier molecular flexibility index (Phi) is 7.00. The molecule has 5 fully saturated rings. The minimum atomic E-state index is -0.364. The first-order valence-corrected chi connectivity index (χ1v) is 16.3. The van der Waals surface area contributed by atoms with Gasteiger partial charge in [0.2, 0.25) is 5.91 Å². The zero-order chi connectivity index (χ0) is 29.4. The van der Waals surface area contributed by atoms with Crippen molar-refractivity contribution in [3.63, 3.8) is 0 Å². The van der Waals surface area contributed by atoms with Crippen LogP contribution >= 0.6 is 0 Å². The molecule has 41 heavy (non-hydrogen) atoms. The Bertz CT molecular complexity index is 1270. The Balaban J connectivity index is 1.33. The molecular formula is C37H51NO3. The topological polar surface area (TPSA) is 66.4 Å². The summed E-state index contributed by atoms with van der Waals surface area (Å²) in [5, 5.41) is 14.0. The summed E-state index contributed by atoms with van der Waals surface area (Å²) in [6.07, 6.45) is 11.2. The summed E-state index contributed by atoms with van der Waals surface area (Å²) in [6, 6.07) is 7.58. The average Bonchev–Trinajstić information content (AvgIpc) is 3.36. The molecule has 222 valence electrons. The van der Waals surface area contributed by atoms with Gasteiger partial charge in [-0.25, -0.2) is 0 Å². The molecule has 0 spiro atoms. The van der Waals surface area contributed by atoms with E-state index >= 15 is 0 Å². The predicted octanol–water partition coefficient (Wildman–Crippen LogP) is 7.66. The van der Waals surface area contributed by atoms with Crippen LogP contribution in [-0.2, 0) is 11.3 Å². The van der Waals surface area contributed by atoms with Crippen molar-refractivity contribution in [3.05, 3.63) is 59.7 Å². The van der Waals surface area contributed by atoms with Crippen molar-refractivity contribution in [2.24, 2.45) is 51.2 Å². The summed E-state index contributed by atoms with van der Waals surface area (Å²) < 4.78 is 0. The highest BCUT2D eigenvalue weighted by Gasteiger charge is 2.70. The smallest absolute Gasteiger partial charge is 0.226 e. The number of hydrogen-bond acceptors (Lipinski definition) is 3. The zero-order valence-corrected chi connectivity index (χ0v) is 25.8. The van der Waals surface area contributed by atoms with E-state index in [4.69, 9.17) is 0 Å². The van der Waals surface area contributed by atoms with Gasteiger partial charge in [0, 0.05) is 12.1 Å². The number of carbonyl (C=O) groups excluding carboxylic acids is 2. The number of carbonyl (C=O) groups is 2. The van der Waals surface area contributed by atoms with Crippen LogP contribution in [0.2, 0.25) is 0 Å². The van der Waals surface area contributed by atoms with Crippen molar-refractivity contribution < 1.29 is 14.7 Å². The maximum absolute atomic E-state index is 14.3. The largest absolute Gasteiger partial charge is 0.389 e. The van der Waals surface area contributed by atoms with Gasteiger partial charge in [0.05, 0.1) is 11.5 Å². The van der Waals surface area contributed by atoms with E-state index in [0.717, 1.165) is 62.4 Å². The van der Waals surface area contributed by atoms with Gasteiger partial charge in [-0.05, 0) is 128 Å². The number of fused-ring (bicyclic) bond motifs is 7. The number of aliphatic hydroxyl groups excluding tert-OH is 1. The van der Waals surface area contributed by atoms with Crippen LogP contribution in [0.25, 0.3) is 0 Å². The van der Waals surface area contributed by atoms with Crippen LogP contribution in [-0.4, -0.2) is 23.4 Å². The van der Waals surface area contributed by atoms with Gasteiger partial charge in [-0.3, -0.25) is 9.59 Å². The quantitative estimate of drug-likeness (QED) is 0.288. The highest BCUT2D eigenvalue weighted by molar-refractivity contribution is 5.84. The van der Waals surface area contributed by atoms with E-state index in [1.807, 2.05) is 24.3 Å². The molecule has 0 radical (unpaired) electrons. The second-order valence-corrected chi connectivity index (χ2v) is 15.5.